The molecule has 122 valence electrons. The summed E-state index contributed by atoms with van der Waals surface area (Å²) in [6.07, 6.45) is 3.72. The molecule has 1 amide bonds. The normalized spacial score (nSPS) is 14.9. The molecular formula is C16H16Cl2N2O2S. The maximum atomic E-state index is 12.3. The van der Waals surface area contributed by atoms with E-state index in [-0.39, 0.29) is 5.91 Å². The Morgan fingerprint density at radius 1 is 1.35 bits per heavy atom. The van der Waals surface area contributed by atoms with Crippen molar-refractivity contribution in [3.8, 4) is 5.75 Å². The largest absolute Gasteiger partial charge is 0.479 e. The Morgan fingerprint density at radius 2 is 2.13 bits per heavy atom. The second-order valence-electron chi connectivity index (χ2n) is 5.42. The van der Waals surface area contributed by atoms with Crippen LogP contribution < -0.4 is 10.1 Å². The zero-order valence-corrected chi connectivity index (χ0v) is 14.9. The van der Waals surface area contributed by atoms with Crippen LogP contribution in [0.1, 0.15) is 30.3 Å². The average molecular weight is 371 g/mol. The van der Waals surface area contributed by atoms with E-state index in [1.54, 1.807) is 36.5 Å². The molecule has 3 rings (SSSR count). The molecule has 0 fully saturated rings. The quantitative estimate of drug-likeness (QED) is 0.845. The van der Waals surface area contributed by atoms with Crippen LogP contribution in [0.15, 0.2) is 18.2 Å². The van der Waals surface area contributed by atoms with Gasteiger partial charge in [0.2, 0.25) is 0 Å². The lowest BCUT2D eigenvalue weighted by atomic mass is 10.0. The van der Waals surface area contributed by atoms with Crippen molar-refractivity contribution in [1.29, 1.82) is 0 Å². The predicted octanol–water partition coefficient (Wildman–Crippen LogP) is 4.73. The van der Waals surface area contributed by atoms with Crippen LogP contribution in [0.5, 0.6) is 5.75 Å². The van der Waals surface area contributed by atoms with Crippen LogP contribution in [0.3, 0.4) is 0 Å². The Bertz CT molecular complexity index is 709. The monoisotopic (exact) mass is 370 g/mol. The Morgan fingerprint density at radius 3 is 2.87 bits per heavy atom. The molecule has 1 aliphatic rings. The number of amides is 1. The van der Waals surface area contributed by atoms with Crippen molar-refractivity contribution in [2.75, 3.05) is 5.32 Å². The Kier molecular flexibility index (Phi) is 5.09. The molecule has 23 heavy (non-hydrogen) atoms. The predicted molar refractivity (Wildman–Crippen MR) is 93.9 cm³/mol. The summed E-state index contributed by atoms with van der Waals surface area (Å²) < 4.78 is 5.61. The van der Waals surface area contributed by atoms with Crippen molar-refractivity contribution in [3.63, 3.8) is 0 Å². The highest BCUT2D eigenvalue weighted by Crippen LogP contribution is 2.30. The molecule has 1 aromatic carbocycles. The van der Waals surface area contributed by atoms with E-state index in [4.69, 9.17) is 27.9 Å². The Labute approximate surface area is 148 Å². The lowest BCUT2D eigenvalue weighted by Gasteiger charge is -2.14. The van der Waals surface area contributed by atoms with E-state index in [9.17, 15) is 4.79 Å². The number of anilines is 1. The van der Waals surface area contributed by atoms with Gasteiger partial charge in [-0.15, -0.1) is 11.3 Å². The van der Waals surface area contributed by atoms with E-state index in [2.05, 4.69) is 10.3 Å². The van der Waals surface area contributed by atoms with Crippen molar-refractivity contribution >= 4 is 45.6 Å². The highest BCUT2D eigenvalue weighted by Gasteiger charge is 2.20. The second-order valence-corrected chi connectivity index (χ2v) is 7.35. The fourth-order valence-electron chi connectivity index (χ4n) is 2.43. The SMILES string of the molecule is C[C@@H](Oc1ccc(Cl)cc1Cl)C(=O)Nc1nc2c(s1)CCCC2. The highest BCUT2D eigenvalue weighted by atomic mass is 35.5. The topological polar surface area (TPSA) is 51.2 Å². The third-order valence-electron chi connectivity index (χ3n) is 3.64. The van der Waals surface area contributed by atoms with E-state index in [0.29, 0.717) is 20.9 Å². The van der Waals surface area contributed by atoms with Gasteiger partial charge in [0.15, 0.2) is 11.2 Å². The van der Waals surface area contributed by atoms with Crippen LogP contribution in [0.4, 0.5) is 5.13 Å². The third-order valence-corrected chi connectivity index (χ3v) is 5.25. The van der Waals surface area contributed by atoms with Crippen LogP contribution >= 0.6 is 34.5 Å². The van der Waals surface area contributed by atoms with E-state index in [1.807, 2.05) is 0 Å². The first-order valence-electron chi connectivity index (χ1n) is 7.44. The number of aromatic nitrogens is 1. The van der Waals surface area contributed by atoms with Gasteiger partial charge in [-0.2, -0.15) is 0 Å². The lowest BCUT2D eigenvalue weighted by molar-refractivity contribution is -0.122. The smallest absolute Gasteiger partial charge is 0.266 e. The van der Waals surface area contributed by atoms with E-state index in [0.717, 1.165) is 18.5 Å². The molecule has 0 bridgehead atoms. The minimum atomic E-state index is -0.686. The van der Waals surface area contributed by atoms with Crippen molar-refractivity contribution in [2.24, 2.45) is 0 Å². The van der Waals surface area contributed by atoms with Crippen molar-refractivity contribution in [2.45, 2.75) is 38.7 Å². The molecule has 0 unspecified atom stereocenters. The molecule has 0 saturated heterocycles. The van der Waals surface area contributed by atoms with Gasteiger partial charge in [-0.3, -0.25) is 10.1 Å². The number of hydrogen-bond acceptors (Lipinski definition) is 4. The first-order valence-corrected chi connectivity index (χ1v) is 9.01. The molecule has 0 radical (unpaired) electrons. The van der Waals surface area contributed by atoms with Gasteiger partial charge in [-0.05, 0) is 50.8 Å². The minimum absolute atomic E-state index is 0.248. The van der Waals surface area contributed by atoms with E-state index < -0.39 is 6.10 Å². The van der Waals surface area contributed by atoms with E-state index >= 15 is 0 Å². The molecule has 4 nitrogen and oxygen atoms in total. The van der Waals surface area contributed by atoms with Crippen molar-refractivity contribution in [3.05, 3.63) is 38.8 Å². The summed E-state index contributed by atoms with van der Waals surface area (Å²) in [5, 5.41) is 4.36. The summed E-state index contributed by atoms with van der Waals surface area (Å²) in [6.45, 7) is 1.67. The average Bonchev–Trinajstić information content (AvgIpc) is 2.92. The zero-order valence-electron chi connectivity index (χ0n) is 12.6. The number of rotatable bonds is 4. The molecule has 1 atom stereocenters. The number of halogens is 2. The van der Waals surface area contributed by atoms with Gasteiger partial charge in [0.05, 0.1) is 10.7 Å². The first-order chi connectivity index (χ1) is 11.0. The zero-order chi connectivity index (χ0) is 16.4. The minimum Gasteiger partial charge on any atom is -0.479 e. The fourth-order valence-corrected chi connectivity index (χ4v) is 3.93. The third kappa shape index (κ3) is 3.97. The van der Waals surface area contributed by atoms with Gasteiger partial charge in [-0.1, -0.05) is 23.2 Å². The maximum Gasteiger partial charge on any atom is 0.266 e. The molecule has 2 aromatic rings. The molecule has 1 N–H and O–H groups in total. The molecule has 1 aromatic heterocycles. The fraction of sp³-hybridized carbons (Fsp3) is 0.375. The number of carbonyl (C=O) groups is 1. The summed E-state index contributed by atoms with van der Waals surface area (Å²) in [5.74, 6) is 0.180. The molecule has 7 heteroatoms. The Balaban J connectivity index is 1.64. The highest BCUT2D eigenvalue weighted by molar-refractivity contribution is 7.15. The number of ether oxygens (including phenoxy) is 1. The number of carbonyl (C=O) groups excluding carboxylic acids is 1. The van der Waals surface area contributed by atoms with E-state index in [1.165, 1.54) is 17.7 Å². The number of aryl methyl sites for hydroxylation is 2. The van der Waals surface area contributed by atoms with Gasteiger partial charge in [0.1, 0.15) is 5.75 Å². The van der Waals surface area contributed by atoms with Crippen LogP contribution in [-0.4, -0.2) is 17.0 Å². The summed E-state index contributed by atoms with van der Waals surface area (Å²) in [7, 11) is 0. The maximum absolute atomic E-state index is 12.3. The van der Waals surface area contributed by atoms with Crippen LogP contribution in [0.25, 0.3) is 0 Å². The number of fused-ring (bicyclic) bond motifs is 1. The van der Waals surface area contributed by atoms with Gasteiger partial charge >= 0.3 is 0 Å². The summed E-state index contributed by atoms with van der Waals surface area (Å²) in [4.78, 5) is 18.0. The number of benzene rings is 1. The van der Waals surface area contributed by atoms with Gasteiger partial charge < -0.3 is 4.74 Å². The Hall–Kier alpha value is -1.30. The molecular weight excluding hydrogens is 355 g/mol. The number of nitrogens with zero attached hydrogens (tertiary/aromatic N) is 1. The first kappa shape index (κ1) is 16.6. The van der Waals surface area contributed by atoms with Gasteiger partial charge in [0.25, 0.3) is 5.91 Å². The van der Waals surface area contributed by atoms with Gasteiger partial charge in [0, 0.05) is 9.90 Å². The van der Waals surface area contributed by atoms with Gasteiger partial charge in [-0.25, -0.2) is 4.98 Å². The molecule has 1 aliphatic carbocycles. The summed E-state index contributed by atoms with van der Waals surface area (Å²) in [5.41, 5.74) is 1.12. The standard InChI is InChI=1S/C16H16Cl2N2O2S/c1-9(22-13-7-6-10(17)8-11(13)18)15(21)20-16-19-12-4-2-3-5-14(12)23-16/h6-9H,2-5H2,1H3,(H,19,20,21)/t9-/m1/s1. The van der Waals surface area contributed by atoms with Crippen molar-refractivity contribution in [1.82, 2.24) is 4.98 Å². The second kappa shape index (κ2) is 7.07. The number of nitrogens with one attached hydrogen (secondary N) is 1. The van der Waals surface area contributed by atoms with Crippen molar-refractivity contribution < 1.29 is 9.53 Å². The molecule has 0 spiro atoms. The van der Waals surface area contributed by atoms with Crippen LogP contribution in [0, 0.1) is 0 Å². The summed E-state index contributed by atoms with van der Waals surface area (Å²) in [6, 6.07) is 4.90. The summed E-state index contributed by atoms with van der Waals surface area (Å²) >= 11 is 13.5. The molecule has 0 aliphatic heterocycles. The lowest BCUT2D eigenvalue weighted by Crippen LogP contribution is -2.30. The number of hydrogen-bond donors (Lipinski definition) is 1. The molecule has 0 saturated carbocycles. The van der Waals surface area contributed by atoms with Crippen LogP contribution in [0.2, 0.25) is 10.0 Å². The molecule has 1 heterocycles. The van der Waals surface area contributed by atoms with Crippen LogP contribution in [-0.2, 0) is 17.6 Å². The number of thiazole rings is 1.